The minimum atomic E-state index is -0.594. The van der Waals surface area contributed by atoms with Gasteiger partial charge in [-0.15, -0.1) is 0 Å². The number of rotatable bonds is 7. The van der Waals surface area contributed by atoms with E-state index in [4.69, 9.17) is 25.8 Å². The van der Waals surface area contributed by atoms with Crippen LogP contribution in [0.25, 0.3) is 11.9 Å². The van der Waals surface area contributed by atoms with Crippen molar-refractivity contribution in [2.45, 2.75) is 6.61 Å². The number of hydrogen-bond donors (Lipinski definition) is 1. The predicted octanol–water partition coefficient (Wildman–Crippen LogP) is 3.69. The van der Waals surface area contributed by atoms with Gasteiger partial charge in [-0.3, -0.25) is 4.98 Å². The maximum Gasteiger partial charge on any atom is 0.188 e. The van der Waals surface area contributed by atoms with Gasteiger partial charge in [0.05, 0.1) is 18.7 Å². The van der Waals surface area contributed by atoms with E-state index in [-0.39, 0.29) is 24.1 Å². The summed E-state index contributed by atoms with van der Waals surface area (Å²) in [4.78, 5) is 3.98. The van der Waals surface area contributed by atoms with Crippen molar-refractivity contribution in [1.29, 1.82) is 0 Å². The average Bonchev–Trinajstić information content (AvgIpc) is 2.61. The van der Waals surface area contributed by atoms with Gasteiger partial charge in [-0.2, -0.15) is 0 Å². The van der Waals surface area contributed by atoms with E-state index >= 15 is 0 Å². The SMILES string of the molecule is COCOc1cccc(/C=C(\F)c2cc(OC)c(CO)cn2)c1Cl. The molecule has 0 radical (unpaired) electrons. The summed E-state index contributed by atoms with van der Waals surface area (Å²) in [5, 5.41) is 9.45. The Labute approximate surface area is 144 Å². The number of nitrogens with zero attached hydrogens (tertiary/aromatic N) is 1. The third kappa shape index (κ3) is 4.23. The quantitative estimate of drug-likeness (QED) is 0.769. The van der Waals surface area contributed by atoms with Crippen LogP contribution < -0.4 is 9.47 Å². The molecule has 0 fully saturated rings. The Kier molecular flexibility index (Phi) is 6.54. The van der Waals surface area contributed by atoms with Crippen molar-refractivity contribution in [2.24, 2.45) is 0 Å². The summed E-state index contributed by atoms with van der Waals surface area (Å²) < 4.78 is 29.7. The fourth-order valence-corrected chi connectivity index (χ4v) is 2.22. The van der Waals surface area contributed by atoms with Crippen LogP contribution in [0.4, 0.5) is 4.39 Å². The summed E-state index contributed by atoms with van der Waals surface area (Å²) in [5.41, 5.74) is 0.986. The molecule has 1 heterocycles. The molecule has 0 spiro atoms. The molecule has 1 aromatic heterocycles. The van der Waals surface area contributed by atoms with Gasteiger partial charge in [0.2, 0.25) is 0 Å². The Morgan fingerprint density at radius 1 is 1.33 bits per heavy atom. The molecule has 1 N–H and O–H groups in total. The minimum Gasteiger partial charge on any atom is -0.496 e. The van der Waals surface area contributed by atoms with Crippen molar-refractivity contribution in [3.63, 3.8) is 0 Å². The molecule has 7 heteroatoms. The van der Waals surface area contributed by atoms with Crippen LogP contribution in [0.15, 0.2) is 30.5 Å². The summed E-state index contributed by atoms with van der Waals surface area (Å²) in [7, 11) is 2.93. The zero-order chi connectivity index (χ0) is 17.5. The molecule has 0 aliphatic carbocycles. The molecule has 1 aromatic carbocycles. The van der Waals surface area contributed by atoms with E-state index in [1.807, 2.05) is 0 Å². The lowest BCUT2D eigenvalue weighted by molar-refractivity contribution is 0.0512. The molecule has 0 unspecified atom stereocenters. The lowest BCUT2D eigenvalue weighted by atomic mass is 10.1. The molecule has 0 atom stereocenters. The second kappa shape index (κ2) is 8.63. The van der Waals surface area contributed by atoms with E-state index in [0.29, 0.717) is 22.6 Å². The van der Waals surface area contributed by atoms with E-state index in [0.717, 1.165) is 0 Å². The van der Waals surface area contributed by atoms with E-state index in [2.05, 4.69) is 4.98 Å². The fraction of sp³-hybridized carbons (Fsp3) is 0.235. The number of hydrogen-bond acceptors (Lipinski definition) is 5. The zero-order valence-corrected chi connectivity index (χ0v) is 14.0. The van der Waals surface area contributed by atoms with Gasteiger partial charge in [-0.1, -0.05) is 23.7 Å². The van der Waals surface area contributed by atoms with Crippen molar-refractivity contribution in [3.05, 3.63) is 52.3 Å². The van der Waals surface area contributed by atoms with E-state index in [1.165, 1.54) is 32.6 Å². The minimum absolute atomic E-state index is 0.0384. The van der Waals surface area contributed by atoms with Gasteiger partial charge >= 0.3 is 0 Å². The second-order valence-electron chi connectivity index (χ2n) is 4.74. The molecule has 2 aromatic rings. The molecule has 0 saturated carbocycles. The van der Waals surface area contributed by atoms with Crippen LogP contribution in [-0.4, -0.2) is 31.1 Å². The number of benzene rings is 1. The number of pyridine rings is 1. The molecule has 0 aliphatic rings. The molecule has 2 rings (SSSR count). The Morgan fingerprint density at radius 3 is 2.79 bits per heavy atom. The largest absolute Gasteiger partial charge is 0.496 e. The summed E-state index contributed by atoms with van der Waals surface area (Å²) in [6.07, 6.45) is 2.61. The monoisotopic (exact) mass is 353 g/mol. The summed E-state index contributed by atoms with van der Waals surface area (Å²) >= 11 is 6.21. The highest BCUT2D eigenvalue weighted by atomic mass is 35.5. The first-order valence-corrected chi connectivity index (χ1v) is 7.40. The maximum absolute atomic E-state index is 14.5. The average molecular weight is 354 g/mol. The van der Waals surface area contributed by atoms with Gasteiger partial charge in [0, 0.05) is 24.9 Å². The second-order valence-corrected chi connectivity index (χ2v) is 5.12. The summed E-state index contributed by atoms with van der Waals surface area (Å²) in [5.74, 6) is 0.152. The molecule has 128 valence electrons. The molecule has 0 amide bonds. The van der Waals surface area contributed by atoms with Gasteiger partial charge in [0.15, 0.2) is 6.79 Å². The Hall–Kier alpha value is -2.15. The van der Waals surface area contributed by atoms with E-state index < -0.39 is 5.83 Å². The third-order valence-electron chi connectivity index (χ3n) is 3.19. The molecular weight excluding hydrogens is 337 g/mol. The van der Waals surface area contributed by atoms with E-state index in [9.17, 15) is 9.50 Å². The highest BCUT2D eigenvalue weighted by Gasteiger charge is 2.11. The Balaban J connectivity index is 2.34. The van der Waals surface area contributed by atoms with Crippen LogP contribution in [0.3, 0.4) is 0 Å². The van der Waals surface area contributed by atoms with E-state index in [1.54, 1.807) is 18.2 Å². The topological polar surface area (TPSA) is 60.8 Å². The maximum atomic E-state index is 14.5. The number of halogens is 2. The smallest absolute Gasteiger partial charge is 0.188 e. The van der Waals surface area contributed by atoms with Gasteiger partial charge in [-0.25, -0.2) is 4.39 Å². The molecule has 0 aliphatic heterocycles. The highest BCUT2D eigenvalue weighted by molar-refractivity contribution is 6.33. The lowest BCUT2D eigenvalue weighted by Crippen LogP contribution is -1.99. The fourth-order valence-electron chi connectivity index (χ4n) is 1.99. The molecule has 0 saturated heterocycles. The number of aliphatic hydroxyl groups is 1. The van der Waals surface area contributed by atoms with Crippen molar-refractivity contribution < 1.29 is 23.7 Å². The number of aliphatic hydroxyl groups excluding tert-OH is 1. The van der Waals surface area contributed by atoms with Crippen molar-refractivity contribution in [3.8, 4) is 11.5 Å². The summed E-state index contributed by atoms with van der Waals surface area (Å²) in [6.45, 7) is -0.205. The van der Waals surface area contributed by atoms with Crippen molar-refractivity contribution in [2.75, 3.05) is 21.0 Å². The first kappa shape index (κ1) is 18.2. The zero-order valence-electron chi connectivity index (χ0n) is 13.3. The molecule has 5 nitrogen and oxygen atoms in total. The molecule has 24 heavy (non-hydrogen) atoms. The van der Waals surface area contributed by atoms with Crippen LogP contribution in [0.2, 0.25) is 5.02 Å². The number of methoxy groups -OCH3 is 2. The van der Waals surface area contributed by atoms with Gasteiger partial charge in [0.25, 0.3) is 0 Å². The van der Waals surface area contributed by atoms with Gasteiger partial charge < -0.3 is 19.3 Å². The predicted molar refractivity (Wildman–Crippen MR) is 89.6 cm³/mol. The normalized spacial score (nSPS) is 11.5. The first-order valence-electron chi connectivity index (χ1n) is 7.02. The Bertz CT molecular complexity index is 737. The van der Waals surface area contributed by atoms with Crippen LogP contribution in [-0.2, 0) is 11.3 Å². The summed E-state index contributed by atoms with van der Waals surface area (Å²) in [6, 6.07) is 6.42. The third-order valence-corrected chi connectivity index (χ3v) is 3.59. The van der Waals surface area contributed by atoms with Crippen molar-refractivity contribution in [1.82, 2.24) is 4.98 Å². The van der Waals surface area contributed by atoms with Crippen LogP contribution in [0.1, 0.15) is 16.8 Å². The first-order chi connectivity index (χ1) is 11.6. The lowest BCUT2D eigenvalue weighted by Gasteiger charge is -2.09. The Morgan fingerprint density at radius 2 is 2.12 bits per heavy atom. The van der Waals surface area contributed by atoms with Crippen LogP contribution in [0.5, 0.6) is 11.5 Å². The number of aromatic nitrogens is 1. The van der Waals surface area contributed by atoms with Gasteiger partial charge in [-0.05, 0) is 17.7 Å². The molecular formula is C17H17ClFNO4. The molecule has 0 bridgehead atoms. The van der Waals surface area contributed by atoms with Crippen molar-refractivity contribution >= 4 is 23.5 Å². The van der Waals surface area contributed by atoms with Gasteiger partial charge in [0.1, 0.15) is 23.0 Å². The highest BCUT2D eigenvalue weighted by Crippen LogP contribution is 2.32. The van der Waals surface area contributed by atoms with Crippen LogP contribution >= 0.6 is 11.6 Å². The standard InChI is InChI=1S/C17H17ClFNO4/c1-22-10-24-15-5-3-4-11(17(15)18)6-13(19)14-7-16(23-2)12(9-21)8-20-14/h3-8,21H,9-10H2,1-2H3/b13-6-. The van der Waals surface area contributed by atoms with Crippen LogP contribution in [0, 0.1) is 0 Å². The number of ether oxygens (including phenoxy) is 3.